The summed E-state index contributed by atoms with van der Waals surface area (Å²) in [6.45, 7) is 6.78. The number of ether oxygens (including phenoxy) is 2. The van der Waals surface area contributed by atoms with Crippen LogP contribution in [0.1, 0.15) is 13.8 Å². The number of nitrogens with zero attached hydrogens (tertiary/aromatic N) is 1. The zero-order chi connectivity index (χ0) is 16.2. The molecule has 0 radical (unpaired) electrons. The molecule has 23 heavy (non-hydrogen) atoms. The number of fused-ring (bicyclic) bond motifs is 1. The molecule has 1 fully saturated rings. The van der Waals surface area contributed by atoms with Crippen LogP contribution in [0.3, 0.4) is 0 Å². The molecule has 3 atom stereocenters. The van der Waals surface area contributed by atoms with Crippen LogP contribution in [0.4, 0.5) is 0 Å². The van der Waals surface area contributed by atoms with Gasteiger partial charge in [0.15, 0.2) is 0 Å². The Labute approximate surface area is 137 Å². The van der Waals surface area contributed by atoms with Gasteiger partial charge in [-0.2, -0.15) is 0 Å². The Morgan fingerprint density at radius 2 is 1.83 bits per heavy atom. The highest BCUT2D eigenvalue weighted by atomic mass is 16.5. The van der Waals surface area contributed by atoms with Crippen molar-refractivity contribution in [2.75, 3.05) is 26.2 Å². The van der Waals surface area contributed by atoms with Gasteiger partial charge in [-0.05, 0) is 36.8 Å². The molecule has 0 saturated carbocycles. The van der Waals surface area contributed by atoms with Crippen LogP contribution in [0.25, 0.3) is 10.8 Å². The minimum Gasteiger partial charge on any atom is -0.491 e. The van der Waals surface area contributed by atoms with Crippen molar-refractivity contribution in [1.29, 1.82) is 0 Å². The van der Waals surface area contributed by atoms with Gasteiger partial charge in [0.2, 0.25) is 0 Å². The molecule has 2 aromatic rings. The van der Waals surface area contributed by atoms with Crippen LogP contribution in [0.5, 0.6) is 5.75 Å². The fourth-order valence-corrected chi connectivity index (χ4v) is 3.23. The van der Waals surface area contributed by atoms with Crippen molar-refractivity contribution >= 4 is 10.8 Å². The van der Waals surface area contributed by atoms with Crippen LogP contribution in [0, 0.1) is 0 Å². The lowest BCUT2D eigenvalue weighted by Gasteiger charge is -2.36. The number of hydrogen-bond donors (Lipinski definition) is 1. The van der Waals surface area contributed by atoms with Crippen molar-refractivity contribution in [1.82, 2.24) is 4.90 Å². The van der Waals surface area contributed by atoms with Gasteiger partial charge in [0.1, 0.15) is 18.5 Å². The number of hydrogen-bond acceptors (Lipinski definition) is 4. The van der Waals surface area contributed by atoms with Crippen LogP contribution >= 0.6 is 0 Å². The molecular weight excluding hydrogens is 290 g/mol. The third kappa shape index (κ3) is 4.44. The van der Waals surface area contributed by atoms with E-state index in [1.807, 2.05) is 30.3 Å². The molecule has 2 aromatic carbocycles. The summed E-state index contributed by atoms with van der Waals surface area (Å²) in [6, 6.07) is 14.2. The lowest BCUT2D eigenvalue weighted by molar-refractivity contribution is -0.0786. The average molecular weight is 315 g/mol. The highest BCUT2D eigenvalue weighted by Gasteiger charge is 2.23. The first-order valence-corrected chi connectivity index (χ1v) is 8.27. The molecule has 1 N–H and O–H groups in total. The van der Waals surface area contributed by atoms with Gasteiger partial charge in [-0.25, -0.2) is 0 Å². The van der Waals surface area contributed by atoms with Gasteiger partial charge in [-0.1, -0.05) is 30.3 Å². The Bertz CT molecular complexity index is 635. The van der Waals surface area contributed by atoms with E-state index in [0.717, 1.165) is 24.2 Å². The van der Waals surface area contributed by atoms with Crippen molar-refractivity contribution in [3.63, 3.8) is 0 Å². The number of aliphatic hydroxyl groups excluding tert-OH is 1. The largest absolute Gasteiger partial charge is 0.491 e. The number of benzene rings is 2. The van der Waals surface area contributed by atoms with Gasteiger partial charge in [0, 0.05) is 19.6 Å². The summed E-state index contributed by atoms with van der Waals surface area (Å²) in [6.07, 6.45) is -0.0707. The molecule has 1 heterocycles. The molecule has 0 bridgehead atoms. The summed E-state index contributed by atoms with van der Waals surface area (Å²) < 4.78 is 11.5. The molecule has 1 saturated heterocycles. The van der Waals surface area contributed by atoms with Crippen molar-refractivity contribution < 1.29 is 14.6 Å². The predicted octanol–water partition coefficient (Wildman–Crippen LogP) is 2.69. The minimum atomic E-state index is -0.501. The van der Waals surface area contributed by atoms with Gasteiger partial charge in [0.25, 0.3) is 0 Å². The highest BCUT2D eigenvalue weighted by Crippen LogP contribution is 2.20. The summed E-state index contributed by atoms with van der Waals surface area (Å²) in [5.74, 6) is 0.798. The summed E-state index contributed by atoms with van der Waals surface area (Å²) in [4.78, 5) is 2.24. The topological polar surface area (TPSA) is 41.9 Å². The number of β-amino-alcohol motifs (C(OH)–C–C–N with tert-alkyl or cyclic N) is 1. The predicted molar refractivity (Wildman–Crippen MR) is 91.9 cm³/mol. The van der Waals surface area contributed by atoms with Crippen LogP contribution in [0.15, 0.2) is 42.5 Å². The fraction of sp³-hybridized carbons (Fsp3) is 0.474. The lowest BCUT2D eigenvalue weighted by Crippen LogP contribution is -2.48. The van der Waals surface area contributed by atoms with Gasteiger partial charge in [-0.15, -0.1) is 0 Å². The maximum atomic E-state index is 10.2. The Hall–Kier alpha value is -1.62. The SMILES string of the molecule is C[C@H]1CN(C[C@H](O)COc2ccc3ccccc3c2)C[C@H](C)O1. The first-order chi connectivity index (χ1) is 11.1. The summed E-state index contributed by atoms with van der Waals surface area (Å²) >= 11 is 0. The standard InChI is InChI=1S/C19H25NO3/c1-14-10-20(11-15(2)23-14)12-18(21)13-22-19-8-7-16-5-3-4-6-17(16)9-19/h3-9,14-15,18,21H,10-13H2,1-2H3/t14-,15-,18-/m0/s1. The monoisotopic (exact) mass is 315 g/mol. The Morgan fingerprint density at radius 1 is 1.13 bits per heavy atom. The minimum absolute atomic E-state index is 0.215. The van der Waals surface area contributed by atoms with Gasteiger partial charge in [-0.3, -0.25) is 4.90 Å². The Kier molecular flexibility index (Phi) is 5.16. The molecule has 4 heteroatoms. The van der Waals surface area contributed by atoms with E-state index in [1.54, 1.807) is 0 Å². The second-order valence-electron chi connectivity index (χ2n) is 6.45. The quantitative estimate of drug-likeness (QED) is 0.921. The maximum Gasteiger partial charge on any atom is 0.120 e. The molecule has 3 rings (SSSR count). The summed E-state index contributed by atoms with van der Waals surface area (Å²) in [7, 11) is 0. The van der Waals surface area contributed by atoms with E-state index >= 15 is 0 Å². The first-order valence-electron chi connectivity index (χ1n) is 8.27. The number of aliphatic hydroxyl groups is 1. The van der Waals surface area contributed by atoms with Gasteiger partial charge < -0.3 is 14.6 Å². The van der Waals surface area contributed by atoms with Gasteiger partial charge >= 0.3 is 0 Å². The highest BCUT2D eigenvalue weighted by molar-refractivity contribution is 5.83. The van der Waals surface area contributed by atoms with Crippen molar-refractivity contribution in [3.05, 3.63) is 42.5 Å². The van der Waals surface area contributed by atoms with E-state index < -0.39 is 6.10 Å². The molecular formula is C19H25NO3. The Morgan fingerprint density at radius 3 is 2.57 bits per heavy atom. The van der Waals surface area contributed by atoms with Crippen LogP contribution < -0.4 is 4.74 Å². The maximum absolute atomic E-state index is 10.2. The molecule has 1 aliphatic rings. The zero-order valence-electron chi connectivity index (χ0n) is 13.8. The van der Waals surface area contributed by atoms with Crippen LogP contribution in [-0.2, 0) is 4.74 Å². The molecule has 0 unspecified atom stereocenters. The third-order valence-corrected chi connectivity index (χ3v) is 4.13. The Balaban J connectivity index is 1.52. The summed E-state index contributed by atoms with van der Waals surface area (Å²) in [5.41, 5.74) is 0. The normalized spacial score (nSPS) is 23.8. The molecule has 0 spiro atoms. The second-order valence-corrected chi connectivity index (χ2v) is 6.45. The number of morpholine rings is 1. The molecule has 4 nitrogen and oxygen atoms in total. The molecule has 0 aliphatic carbocycles. The van der Waals surface area contributed by atoms with E-state index in [0.29, 0.717) is 13.2 Å². The van der Waals surface area contributed by atoms with Crippen LogP contribution in [0.2, 0.25) is 0 Å². The van der Waals surface area contributed by atoms with E-state index in [4.69, 9.17) is 9.47 Å². The van der Waals surface area contributed by atoms with Crippen LogP contribution in [-0.4, -0.2) is 54.6 Å². The van der Waals surface area contributed by atoms with Crippen molar-refractivity contribution in [2.45, 2.75) is 32.2 Å². The molecule has 124 valence electrons. The van der Waals surface area contributed by atoms with Gasteiger partial charge in [0.05, 0.1) is 12.2 Å². The average Bonchev–Trinajstić information content (AvgIpc) is 2.52. The fourth-order valence-electron chi connectivity index (χ4n) is 3.23. The van der Waals surface area contributed by atoms with E-state index in [2.05, 4.69) is 30.9 Å². The first kappa shape index (κ1) is 16.2. The lowest BCUT2D eigenvalue weighted by atomic mass is 10.1. The smallest absolute Gasteiger partial charge is 0.120 e. The van der Waals surface area contributed by atoms with E-state index in [9.17, 15) is 5.11 Å². The zero-order valence-corrected chi connectivity index (χ0v) is 13.8. The summed E-state index contributed by atoms with van der Waals surface area (Å²) in [5, 5.41) is 12.6. The van der Waals surface area contributed by atoms with Crippen molar-refractivity contribution in [2.24, 2.45) is 0 Å². The number of rotatable bonds is 5. The molecule has 0 amide bonds. The van der Waals surface area contributed by atoms with E-state index in [-0.39, 0.29) is 12.2 Å². The van der Waals surface area contributed by atoms with Crippen molar-refractivity contribution in [3.8, 4) is 5.75 Å². The second kappa shape index (κ2) is 7.30. The molecule has 0 aromatic heterocycles. The molecule has 1 aliphatic heterocycles. The van der Waals surface area contributed by atoms with E-state index in [1.165, 1.54) is 5.39 Å². The third-order valence-electron chi connectivity index (χ3n) is 4.13.